The van der Waals surface area contributed by atoms with E-state index in [-0.39, 0.29) is 0 Å². The van der Waals surface area contributed by atoms with Crippen molar-refractivity contribution >= 4 is 5.96 Å². The van der Waals surface area contributed by atoms with Crippen LogP contribution >= 0.6 is 0 Å². The Morgan fingerprint density at radius 3 is 2.77 bits per heavy atom. The van der Waals surface area contributed by atoms with Gasteiger partial charge in [-0.1, -0.05) is 12.8 Å². The van der Waals surface area contributed by atoms with Crippen LogP contribution in [0.25, 0.3) is 0 Å². The summed E-state index contributed by atoms with van der Waals surface area (Å²) in [6.07, 6.45) is 6.33. The molecule has 2 N–H and O–H groups in total. The van der Waals surface area contributed by atoms with Gasteiger partial charge in [-0.25, -0.2) is 0 Å². The fraction of sp³-hybridized carbons (Fsp3) is 0.950. The first-order valence-electron chi connectivity index (χ1n) is 10.4. The monoisotopic (exact) mass is 368 g/mol. The first-order chi connectivity index (χ1) is 12.6. The molecule has 2 unspecified atom stereocenters. The molecule has 1 saturated carbocycles. The molecule has 1 saturated heterocycles. The van der Waals surface area contributed by atoms with Crippen LogP contribution in [0.1, 0.15) is 52.9 Å². The maximum absolute atomic E-state index is 5.56. The average Bonchev–Trinajstić information content (AvgIpc) is 3.11. The van der Waals surface area contributed by atoms with Gasteiger partial charge in [0.15, 0.2) is 5.96 Å². The van der Waals surface area contributed by atoms with Gasteiger partial charge in [0.1, 0.15) is 0 Å². The lowest BCUT2D eigenvalue weighted by Crippen LogP contribution is -2.53. The number of aliphatic imine (C=N–C) groups is 1. The van der Waals surface area contributed by atoms with Crippen LogP contribution in [0.4, 0.5) is 0 Å². The third kappa shape index (κ3) is 6.39. The Labute approximate surface area is 160 Å². The van der Waals surface area contributed by atoms with Gasteiger partial charge in [-0.15, -0.1) is 0 Å². The maximum Gasteiger partial charge on any atom is 0.191 e. The molecule has 2 rings (SSSR count). The van der Waals surface area contributed by atoms with Gasteiger partial charge in [-0.3, -0.25) is 9.89 Å². The van der Waals surface area contributed by atoms with Crippen molar-refractivity contribution in [2.45, 2.75) is 65.0 Å². The lowest BCUT2D eigenvalue weighted by atomic mass is 9.83. The van der Waals surface area contributed by atoms with Crippen LogP contribution in [-0.4, -0.2) is 76.1 Å². The molecule has 1 heterocycles. The third-order valence-corrected chi connectivity index (χ3v) is 5.97. The smallest absolute Gasteiger partial charge is 0.191 e. The molecule has 2 aliphatic rings. The molecule has 2 fully saturated rings. The first kappa shape index (κ1) is 21.5. The van der Waals surface area contributed by atoms with E-state index in [0.717, 1.165) is 58.4 Å². The molecule has 152 valence electrons. The molecule has 0 aromatic rings. The van der Waals surface area contributed by atoms with Crippen LogP contribution in [0.3, 0.4) is 0 Å². The van der Waals surface area contributed by atoms with Crippen molar-refractivity contribution < 1.29 is 9.47 Å². The normalized spacial score (nSPS) is 25.2. The molecule has 6 heteroatoms. The van der Waals surface area contributed by atoms with Crippen LogP contribution < -0.4 is 10.6 Å². The quantitative estimate of drug-likeness (QED) is 0.483. The summed E-state index contributed by atoms with van der Waals surface area (Å²) in [7, 11) is 1.80. The number of hydrogen-bond donors (Lipinski definition) is 2. The lowest BCUT2D eigenvalue weighted by Gasteiger charge is -2.38. The highest BCUT2D eigenvalue weighted by Gasteiger charge is 2.33. The third-order valence-electron chi connectivity index (χ3n) is 5.97. The number of ether oxygens (including phenoxy) is 2. The minimum Gasteiger partial charge on any atom is -0.385 e. The summed E-state index contributed by atoms with van der Waals surface area (Å²) >= 11 is 0. The number of methoxy groups -OCH3 is 1. The molecule has 0 spiro atoms. The Bertz CT molecular complexity index is 424. The van der Waals surface area contributed by atoms with Gasteiger partial charge in [0.05, 0.1) is 13.2 Å². The Morgan fingerprint density at radius 1 is 1.35 bits per heavy atom. The van der Waals surface area contributed by atoms with Crippen molar-refractivity contribution in [2.75, 3.05) is 53.1 Å². The highest BCUT2D eigenvalue weighted by molar-refractivity contribution is 5.79. The van der Waals surface area contributed by atoms with Crippen molar-refractivity contribution in [1.82, 2.24) is 15.5 Å². The zero-order valence-corrected chi connectivity index (χ0v) is 17.4. The van der Waals surface area contributed by atoms with E-state index in [9.17, 15) is 0 Å². The van der Waals surface area contributed by atoms with E-state index >= 15 is 0 Å². The second kappa shape index (κ2) is 11.1. The van der Waals surface area contributed by atoms with Gasteiger partial charge in [0.25, 0.3) is 0 Å². The van der Waals surface area contributed by atoms with Gasteiger partial charge in [-0.2, -0.15) is 0 Å². The molecule has 0 aromatic heterocycles. The average molecular weight is 369 g/mol. The van der Waals surface area contributed by atoms with Crippen molar-refractivity contribution in [3.8, 4) is 0 Å². The van der Waals surface area contributed by atoms with Crippen molar-refractivity contribution in [2.24, 2.45) is 10.4 Å². The highest BCUT2D eigenvalue weighted by Crippen LogP contribution is 2.41. The largest absolute Gasteiger partial charge is 0.385 e. The van der Waals surface area contributed by atoms with Gasteiger partial charge < -0.3 is 20.1 Å². The molecule has 0 radical (unpaired) electrons. The molecule has 0 amide bonds. The summed E-state index contributed by atoms with van der Waals surface area (Å²) in [5, 5.41) is 6.97. The summed E-state index contributed by atoms with van der Waals surface area (Å²) in [5.74, 6) is 0.948. The summed E-state index contributed by atoms with van der Waals surface area (Å²) in [4.78, 5) is 7.48. The molecule has 1 aliphatic carbocycles. The number of rotatable bonds is 9. The second-order valence-electron chi connectivity index (χ2n) is 8.04. The summed E-state index contributed by atoms with van der Waals surface area (Å²) in [6.45, 7) is 12.9. The lowest BCUT2D eigenvalue weighted by molar-refractivity contribution is -0.0174. The SMILES string of the molecule is CCNC(=NCC1(CCOC)CCCC1)NCC(C)N1CCOCC1C. The standard InChI is InChI=1S/C20H40N4O2/c1-5-21-19(22-14-17(2)24-11-13-26-15-18(24)3)23-16-20(10-12-25-4)8-6-7-9-20/h17-18H,5-16H2,1-4H3,(H2,21,22,23). The van der Waals surface area contributed by atoms with E-state index in [4.69, 9.17) is 14.5 Å². The van der Waals surface area contributed by atoms with E-state index in [1.54, 1.807) is 7.11 Å². The number of guanidine groups is 1. The topological polar surface area (TPSA) is 58.1 Å². The zero-order valence-electron chi connectivity index (χ0n) is 17.4. The molecule has 0 aromatic carbocycles. The number of morpholine rings is 1. The Balaban J connectivity index is 1.88. The van der Waals surface area contributed by atoms with E-state index in [0.29, 0.717) is 17.5 Å². The van der Waals surface area contributed by atoms with E-state index in [1.807, 2.05) is 0 Å². The van der Waals surface area contributed by atoms with Crippen LogP contribution in [-0.2, 0) is 9.47 Å². The predicted molar refractivity (Wildman–Crippen MR) is 108 cm³/mol. The van der Waals surface area contributed by atoms with Crippen LogP contribution in [0.5, 0.6) is 0 Å². The highest BCUT2D eigenvalue weighted by atomic mass is 16.5. The van der Waals surface area contributed by atoms with Crippen LogP contribution in [0.15, 0.2) is 4.99 Å². The molecular weight excluding hydrogens is 328 g/mol. The summed E-state index contributed by atoms with van der Waals surface area (Å²) < 4.78 is 10.9. The minimum absolute atomic E-state index is 0.336. The molecule has 0 bridgehead atoms. The fourth-order valence-corrected chi connectivity index (χ4v) is 4.28. The molecule has 1 aliphatic heterocycles. The van der Waals surface area contributed by atoms with Crippen molar-refractivity contribution in [1.29, 1.82) is 0 Å². The Kier molecular flexibility index (Phi) is 9.16. The van der Waals surface area contributed by atoms with E-state index in [2.05, 4.69) is 36.3 Å². The van der Waals surface area contributed by atoms with Crippen molar-refractivity contribution in [3.05, 3.63) is 0 Å². The van der Waals surface area contributed by atoms with E-state index < -0.39 is 0 Å². The van der Waals surface area contributed by atoms with Crippen molar-refractivity contribution in [3.63, 3.8) is 0 Å². The van der Waals surface area contributed by atoms with Crippen LogP contribution in [0, 0.1) is 5.41 Å². The van der Waals surface area contributed by atoms with Gasteiger partial charge in [0, 0.05) is 52.0 Å². The Hall–Kier alpha value is -0.850. The molecule has 2 atom stereocenters. The number of hydrogen-bond acceptors (Lipinski definition) is 4. The van der Waals surface area contributed by atoms with Crippen LogP contribution in [0.2, 0.25) is 0 Å². The van der Waals surface area contributed by atoms with E-state index in [1.165, 1.54) is 25.7 Å². The zero-order chi connectivity index (χ0) is 18.8. The number of nitrogens with zero attached hydrogens (tertiary/aromatic N) is 2. The summed E-state index contributed by atoms with van der Waals surface area (Å²) in [5.41, 5.74) is 0.336. The van der Waals surface area contributed by atoms with Gasteiger partial charge in [0.2, 0.25) is 0 Å². The first-order valence-corrected chi connectivity index (χ1v) is 10.4. The predicted octanol–water partition coefficient (Wildman–Crippen LogP) is 2.25. The summed E-state index contributed by atoms with van der Waals surface area (Å²) in [6, 6.07) is 0.947. The molecule has 6 nitrogen and oxygen atoms in total. The minimum atomic E-state index is 0.336. The number of nitrogens with one attached hydrogen (secondary N) is 2. The Morgan fingerprint density at radius 2 is 2.12 bits per heavy atom. The second-order valence-corrected chi connectivity index (χ2v) is 8.04. The fourth-order valence-electron chi connectivity index (χ4n) is 4.28. The molecular formula is C20H40N4O2. The van der Waals surface area contributed by atoms with Gasteiger partial charge in [-0.05, 0) is 45.4 Å². The maximum atomic E-state index is 5.56. The van der Waals surface area contributed by atoms with Gasteiger partial charge >= 0.3 is 0 Å². The molecule has 26 heavy (non-hydrogen) atoms.